The molecule has 20 heteroatoms. The number of nitrogens with one attached hydrogen (secondary N) is 1. The number of unbranched alkanes of at least 4 members (excludes halogenated alkanes) is 1. The lowest BCUT2D eigenvalue weighted by molar-refractivity contribution is -0.141. The molecule has 0 aliphatic rings. The quantitative estimate of drug-likeness (QED) is 0.0310. The number of halogens is 2. The number of alkyl halides is 1. The van der Waals surface area contributed by atoms with Gasteiger partial charge in [0.05, 0.1) is 13.7 Å². The molecule has 3 N–H and O–H groups in total. The van der Waals surface area contributed by atoms with Crippen LogP contribution < -0.4 is 25.3 Å². The summed E-state index contributed by atoms with van der Waals surface area (Å²) in [5.41, 5.74) is 5.33. The molecule has 2 aromatic heterocycles. The van der Waals surface area contributed by atoms with Gasteiger partial charge >= 0.3 is 24.2 Å². The van der Waals surface area contributed by atoms with Crippen LogP contribution in [0.15, 0.2) is 59.9 Å². The first-order chi connectivity index (χ1) is 26.8. The molecule has 2 heterocycles. The molecule has 1 atom stereocenters. The largest absolute Gasteiger partial charge is 0.511 e. The standard InChI is InChI=1S/C36H42F2N8O10/c1-6-7-15-53-34(48)43-30(39)23-9-11-24(12-10-23)42-29(26-18-25(50-5)19-27(28(26)38)52-17-16-51-22(2)47)31-44-33(46(45-31)32-40-13-8-14-41-32)54-21-55-35(49)56-36(3,4)20-37/h8-14,18-19,29,42H,6-7,15-17,20-21H2,1-5H3,(H2,39,43,48)/t29-/m1/s1. The summed E-state index contributed by atoms with van der Waals surface area (Å²) in [4.78, 5) is 52.2. The average molecular weight is 785 g/mol. The maximum atomic E-state index is 16.5. The highest BCUT2D eigenvalue weighted by molar-refractivity contribution is 6.02. The second kappa shape index (κ2) is 20.2. The second-order valence-electron chi connectivity index (χ2n) is 12.2. The molecule has 0 bridgehead atoms. The van der Waals surface area contributed by atoms with E-state index in [1.54, 1.807) is 30.3 Å². The lowest BCUT2D eigenvalue weighted by Crippen LogP contribution is -2.31. The molecule has 1 amide bonds. The molecule has 0 fully saturated rings. The van der Waals surface area contributed by atoms with E-state index >= 15 is 4.39 Å². The van der Waals surface area contributed by atoms with Gasteiger partial charge in [-0.05, 0) is 56.7 Å². The molecule has 56 heavy (non-hydrogen) atoms. The van der Waals surface area contributed by atoms with Crippen molar-refractivity contribution in [3.05, 3.63) is 77.6 Å². The number of nitrogens with zero attached hydrogens (tertiary/aromatic N) is 6. The normalized spacial score (nSPS) is 11.9. The van der Waals surface area contributed by atoms with Gasteiger partial charge in [0, 0.05) is 42.2 Å². The maximum absolute atomic E-state index is 16.5. The number of esters is 1. The van der Waals surface area contributed by atoms with Crippen molar-refractivity contribution < 1.29 is 56.3 Å². The fraction of sp³-hybridized carbons (Fsp3) is 0.389. The number of amidine groups is 1. The van der Waals surface area contributed by atoms with E-state index in [4.69, 9.17) is 38.9 Å². The monoisotopic (exact) mass is 784 g/mol. The van der Waals surface area contributed by atoms with Crippen LogP contribution in [0.1, 0.15) is 63.5 Å². The fourth-order valence-corrected chi connectivity index (χ4v) is 4.52. The number of ether oxygens (including phenoxy) is 7. The van der Waals surface area contributed by atoms with Crippen molar-refractivity contribution in [2.45, 2.75) is 52.2 Å². The number of aromatic nitrogens is 5. The lowest BCUT2D eigenvalue weighted by Gasteiger charge is -2.21. The summed E-state index contributed by atoms with van der Waals surface area (Å²) in [5.74, 6) is -1.66. The Bertz CT molecular complexity index is 1960. The zero-order valence-corrected chi connectivity index (χ0v) is 31.3. The minimum absolute atomic E-state index is 0.0194. The summed E-state index contributed by atoms with van der Waals surface area (Å²) in [6.07, 6.45) is 2.34. The molecule has 0 aliphatic carbocycles. The van der Waals surface area contributed by atoms with Gasteiger partial charge in [-0.3, -0.25) is 4.79 Å². The van der Waals surface area contributed by atoms with E-state index < -0.39 is 49.1 Å². The third kappa shape index (κ3) is 12.2. The van der Waals surface area contributed by atoms with Crippen LogP contribution in [0.25, 0.3) is 5.95 Å². The summed E-state index contributed by atoms with van der Waals surface area (Å²) >= 11 is 0. The summed E-state index contributed by atoms with van der Waals surface area (Å²) in [6.45, 7) is 4.06. The topological polar surface area (TPSA) is 223 Å². The van der Waals surface area contributed by atoms with Crippen LogP contribution >= 0.6 is 0 Å². The Kier molecular flexibility index (Phi) is 15.2. The molecule has 18 nitrogen and oxygen atoms in total. The SMILES string of the molecule is CCCCOC(=O)/N=C(\N)c1ccc(N[C@@H](c2nc(OCOC(=O)OC(C)(C)CF)n(-c3ncccn3)n2)c2cc(OC)cc(OCCOC(C)=O)c2F)cc1. The van der Waals surface area contributed by atoms with Crippen molar-refractivity contribution in [1.29, 1.82) is 0 Å². The summed E-state index contributed by atoms with van der Waals surface area (Å²) < 4.78 is 67.4. The molecule has 0 saturated carbocycles. The van der Waals surface area contributed by atoms with E-state index in [1.165, 1.54) is 52.4 Å². The van der Waals surface area contributed by atoms with Crippen molar-refractivity contribution in [2.75, 3.05) is 45.7 Å². The molecule has 0 aliphatic heterocycles. The summed E-state index contributed by atoms with van der Waals surface area (Å²) in [6, 6.07) is 9.06. The maximum Gasteiger partial charge on any atom is 0.511 e. The number of amides is 1. The van der Waals surface area contributed by atoms with Crippen LogP contribution in [-0.2, 0) is 23.7 Å². The van der Waals surface area contributed by atoms with Gasteiger partial charge in [0.2, 0.25) is 6.79 Å². The Balaban J connectivity index is 1.74. The van der Waals surface area contributed by atoms with E-state index in [1.807, 2.05) is 6.92 Å². The van der Waals surface area contributed by atoms with E-state index in [2.05, 4.69) is 30.4 Å². The number of hydrogen-bond acceptors (Lipinski definition) is 15. The van der Waals surface area contributed by atoms with Crippen LogP contribution in [0, 0.1) is 5.82 Å². The smallest absolute Gasteiger partial charge is 0.497 e. The number of hydrogen-bond donors (Lipinski definition) is 2. The van der Waals surface area contributed by atoms with Crippen LogP contribution in [-0.4, -0.2) is 94.8 Å². The van der Waals surface area contributed by atoms with Crippen LogP contribution in [0.3, 0.4) is 0 Å². The minimum Gasteiger partial charge on any atom is -0.497 e. The van der Waals surface area contributed by atoms with E-state index in [9.17, 15) is 18.8 Å². The van der Waals surface area contributed by atoms with Crippen molar-refractivity contribution in [2.24, 2.45) is 10.7 Å². The van der Waals surface area contributed by atoms with Crippen LogP contribution in [0.5, 0.6) is 17.5 Å². The first kappa shape index (κ1) is 42.1. The summed E-state index contributed by atoms with van der Waals surface area (Å²) in [7, 11) is 1.37. The number of nitrogens with two attached hydrogens (primary N) is 1. The Hall–Kier alpha value is -6.60. The molecular weight excluding hydrogens is 742 g/mol. The van der Waals surface area contributed by atoms with Crippen molar-refractivity contribution in [1.82, 2.24) is 24.7 Å². The van der Waals surface area contributed by atoms with Crippen molar-refractivity contribution in [3.8, 4) is 23.5 Å². The third-order valence-corrected chi connectivity index (χ3v) is 7.30. The van der Waals surface area contributed by atoms with Gasteiger partial charge in [0.15, 0.2) is 17.4 Å². The number of benzene rings is 2. The molecule has 0 radical (unpaired) electrons. The molecular formula is C36H42F2N8O10. The number of rotatable bonds is 19. The molecule has 0 saturated heterocycles. The van der Waals surface area contributed by atoms with Gasteiger partial charge in [-0.25, -0.2) is 28.3 Å². The van der Waals surface area contributed by atoms with Gasteiger partial charge in [-0.15, -0.1) is 9.78 Å². The molecule has 0 unspecified atom stereocenters. The number of carbonyl (C=O) groups is 3. The van der Waals surface area contributed by atoms with E-state index in [0.29, 0.717) is 17.7 Å². The Labute approximate surface area is 320 Å². The predicted molar refractivity (Wildman–Crippen MR) is 194 cm³/mol. The molecule has 300 valence electrons. The van der Waals surface area contributed by atoms with E-state index in [-0.39, 0.29) is 60.5 Å². The minimum atomic E-state index is -1.44. The highest BCUT2D eigenvalue weighted by Gasteiger charge is 2.29. The van der Waals surface area contributed by atoms with Gasteiger partial charge in [0.25, 0.3) is 5.95 Å². The third-order valence-electron chi connectivity index (χ3n) is 7.30. The zero-order chi connectivity index (χ0) is 40.7. The molecule has 2 aromatic carbocycles. The van der Waals surface area contributed by atoms with Crippen LogP contribution in [0.2, 0.25) is 0 Å². The van der Waals surface area contributed by atoms with Crippen molar-refractivity contribution >= 4 is 29.7 Å². The average Bonchev–Trinajstić information content (AvgIpc) is 3.60. The number of aliphatic imine (C=N–C) groups is 1. The van der Waals surface area contributed by atoms with E-state index in [0.717, 1.165) is 11.1 Å². The Morgan fingerprint density at radius 3 is 2.41 bits per heavy atom. The Morgan fingerprint density at radius 2 is 1.75 bits per heavy atom. The van der Waals surface area contributed by atoms with Gasteiger partial charge in [-0.2, -0.15) is 9.98 Å². The number of methoxy groups -OCH3 is 1. The fourth-order valence-electron chi connectivity index (χ4n) is 4.52. The highest BCUT2D eigenvalue weighted by Crippen LogP contribution is 2.36. The number of carbonyl (C=O) groups excluding carboxylic acids is 3. The lowest BCUT2D eigenvalue weighted by atomic mass is 10.0. The Morgan fingerprint density at radius 1 is 1.02 bits per heavy atom. The van der Waals surface area contributed by atoms with Gasteiger partial charge in [-0.1, -0.05) is 13.3 Å². The first-order valence-corrected chi connectivity index (χ1v) is 17.1. The zero-order valence-electron chi connectivity index (χ0n) is 31.3. The molecule has 0 spiro atoms. The molecule has 4 rings (SSSR count). The van der Waals surface area contributed by atoms with Gasteiger partial charge < -0.3 is 44.2 Å². The van der Waals surface area contributed by atoms with Crippen molar-refractivity contribution in [3.63, 3.8) is 0 Å². The molecule has 4 aromatic rings. The predicted octanol–water partition coefficient (Wildman–Crippen LogP) is 5.23. The second-order valence-corrected chi connectivity index (χ2v) is 12.2. The summed E-state index contributed by atoms with van der Waals surface area (Å²) in [5, 5.41) is 7.71. The first-order valence-electron chi connectivity index (χ1n) is 17.1. The number of anilines is 1. The van der Waals surface area contributed by atoms with Gasteiger partial charge in [0.1, 0.15) is 43.1 Å². The highest BCUT2D eigenvalue weighted by atomic mass is 19.1. The van der Waals surface area contributed by atoms with Crippen LogP contribution in [0.4, 0.5) is 24.1 Å².